The van der Waals surface area contributed by atoms with Gasteiger partial charge in [-0.1, -0.05) is 23.2 Å². The van der Waals surface area contributed by atoms with E-state index in [1.807, 2.05) is 12.1 Å². The Kier molecular flexibility index (Phi) is 4.43. The quantitative estimate of drug-likeness (QED) is 0.875. The Labute approximate surface area is 138 Å². The summed E-state index contributed by atoms with van der Waals surface area (Å²) in [6.07, 6.45) is 1.41. The number of rotatable bonds is 5. The van der Waals surface area contributed by atoms with E-state index >= 15 is 0 Å². The molecule has 1 aliphatic rings. The maximum absolute atomic E-state index is 12.1. The van der Waals surface area contributed by atoms with Crippen molar-refractivity contribution in [1.29, 1.82) is 0 Å². The lowest BCUT2D eigenvalue weighted by Gasteiger charge is -2.09. The van der Waals surface area contributed by atoms with Crippen molar-refractivity contribution in [2.24, 2.45) is 5.92 Å². The molecule has 1 saturated carbocycles. The molecule has 0 saturated heterocycles. The summed E-state index contributed by atoms with van der Waals surface area (Å²) in [6, 6.07) is 8.71. The summed E-state index contributed by atoms with van der Waals surface area (Å²) in [5, 5.41) is 13.8. The van der Waals surface area contributed by atoms with E-state index in [1.54, 1.807) is 18.2 Å². The van der Waals surface area contributed by atoms with Crippen molar-refractivity contribution >= 4 is 29.1 Å². The number of aliphatic hydroxyl groups is 1. The topological polar surface area (TPSA) is 62.5 Å². The average molecular weight is 340 g/mol. The number of hydrogen-bond acceptors (Lipinski definition) is 3. The Morgan fingerprint density at radius 1 is 1.36 bits per heavy atom. The van der Waals surface area contributed by atoms with Crippen LogP contribution in [0.5, 0.6) is 0 Å². The van der Waals surface area contributed by atoms with Gasteiger partial charge in [0.2, 0.25) is 5.91 Å². The highest BCUT2D eigenvalue weighted by atomic mass is 35.5. The van der Waals surface area contributed by atoms with Crippen LogP contribution in [-0.2, 0) is 4.79 Å². The van der Waals surface area contributed by atoms with Crippen LogP contribution in [0.2, 0.25) is 10.0 Å². The van der Waals surface area contributed by atoms with Crippen molar-refractivity contribution in [1.82, 2.24) is 5.32 Å². The molecule has 0 unspecified atom stereocenters. The van der Waals surface area contributed by atoms with Crippen LogP contribution in [-0.4, -0.2) is 17.6 Å². The number of carbonyl (C=O) groups is 1. The molecule has 1 fully saturated rings. The first kappa shape index (κ1) is 15.4. The van der Waals surface area contributed by atoms with Crippen molar-refractivity contribution in [2.75, 3.05) is 6.54 Å². The predicted molar refractivity (Wildman–Crippen MR) is 84.0 cm³/mol. The molecule has 0 radical (unpaired) electrons. The molecular weight excluding hydrogens is 325 g/mol. The molecule has 1 aliphatic carbocycles. The molecule has 1 heterocycles. The molecule has 1 amide bonds. The third-order valence-electron chi connectivity index (χ3n) is 3.78. The lowest BCUT2D eigenvalue weighted by molar-refractivity contribution is -0.122. The van der Waals surface area contributed by atoms with E-state index in [1.165, 1.54) is 6.26 Å². The zero-order chi connectivity index (χ0) is 15.7. The van der Waals surface area contributed by atoms with Crippen LogP contribution in [0, 0.1) is 5.92 Å². The molecular formula is C16H15Cl2NO3. The van der Waals surface area contributed by atoms with E-state index in [0.717, 1.165) is 12.0 Å². The molecule has 6 heteroatoms. The van der Waals surface area contributed by atoms with Gasteiger partial charge in [-0.25, -0.2) is 0 Å². The second kappa shape index (κ2) is 6.32. The number of nitrogens with one attached hydrogen (secondary N) is 1. The van der Waals surface area contributed by atoms with Gasteiger partial charge < -0.3 is 14.8 Å². The molecule has 2 aromatic rings. The molecule has 4 nitrogen and oxygen atoms in total. The van der Waals surface area contributed by atoms with Gasteiger partial charge in [0.05, 0.1) is 12.8 Å². The normalized spacial score (nSPS) is 21.4. The zero-order valence-electron chi connectivity index (χ0n) is 11.6. The molecule has 3 atom stereocenters. The maximum Gasteiger partial charge on any atom is 0.223 e. The largest absolute Gasteiger partial charge is 0.467 e. The third-order valence-corrected chi connectivity index (χ3v) is 4.22. The van der Waals surface area contributed by atoms with Gasteiger partial charge in [0, 0.05) is 16.0 Å². The summed E-state index contributed by atoms with van der Waals surface area (Å²) in [5.41, 5.74) is 0.976. The lowest BCUT2D eigenvalue weighted by Crippen LogP contribution is -2.29. The standard InChI is InChI=1S/C16H15Cl2NO3/c17-10-4-9(5-11(18)6-10)12-7-13(12)16(21)19-8-14(20)15-2-1-3-22-15/h1-6,12-14,20H,7-8H2,(H,19,21)/t12-,13-,14-/m0/s1. The van der Waals surface area contributed by atoms with Crippen LogP contribution < -0.4 is 5.32 Å². The van der Waals surface area contributed by atoms with Crippen LogP contribution in [0.1, 0.15) is 29.8 Å². The van der Waals surface area contributed by atoms with Gasteiger partial charge in [-0.05, 0) is 48.2 Å². The van der Waals surface area contributed by atoms with Gasteiger partial charge in [0.1, 0.15) is 11.9 Å². The fourth-order valence-corrected chi connectivity index (χ4v) is 3.10. The number of carbonyl (C=O) groups excluding carboxylic acids is 1. The molecule has 1 aromatic heterocycles. The number of aliphatic hydroxyl groups excluding tert-OH is 1. The Morgan fingerprint density at radius 3 is 2.73 bits per heavy atom. The SMILES string of the molecule is O=C(NC[C@H](O)c1ccco1)[C@H]1C[C@H]1c1cc(Cl)cc(Cl)c1. The van der Waals surface area contributed by atoms with Crippen LogP contribution in [0.25, 0.3) is 0 Å². The van der Waals surface area contributed by atoms with Gasteiger partial charge >= 0.3 is 0 Å². The molecule has 1 aromatic carbocycles. The van der Waals surface area contributed by atoms with E-state index < -0.39 is 6.10 Å². The van der Waals surface area contributed by atoms with E-state index in [-0.39, 0.29) is 24.3 Å². The highest BCUT2D eigenvalue weighted by molar-refractivity contribution is 6.34. The van der Waals surface area contributed by atoms with E-state index in [4.69, 9.17) is 27.6 Å². The molecule has 2 N–H and O–H groups in total. The highest BCUT2D eigenvalue weighted by Crippen LogP contribution is 2.48. The van der Waals surface area contributed by atoms with Crippen molar-refractivity contribution in [3.05, 3.63) is 58.0 Å². The van der Waals surface area contributed by atoms with Crippen LogP contribution >= 0.6 is 23.2 Å². The Bertz CT molecular complexity index is 652. The average Bonchev–Trinajstić information content (AvgIpc) is 3.09. The Hall–Kier alpha value is -1.49. The maximum atomic E-state index is 12.1. The number of hydrogen-bond donors (Lipinski definition) is 2. The number of benzene rings is 1. The van der Waals surface area contributed by atoms with Gasteiger partial charge in [-0.2, -0.15) is 0 Å². The fourth-order valence-electron chi connectivity index (χ4n) is 2.55. The lowest BCUT2D eigenvalue weighted by atomic mass is 10.1. The van der Waals surface area contributed by atoms with Gasteiger partial charge in [0.25, 0.3) is 0 Å². The number of halogens is 2. The minimum atomic E-state index is -0.836. The van der Waals surface area contributed by atoms with E-state index in [2.05, 4.69) is 5.32 Å². The van der Waals surface area contributed by atoms with Crippen molar-refractivity contribution in [3.8, 4) is 0 Å². The van der Waals surface area contributed by atoms with Crippen LogP contribution in [0.3, 0.4) is 0 Å². The van der Waals surface area contributed by atoms with E-state index in [0.29, 0.717) is 15.8 Å². The first-order chi connectivity index (χ1) is 10.5. The molecule has 3 rings (SSSR count). The summed E-state index contributed by atoms with van der Waals surface area (Å²) >= 11 is 12.0. The van der Waals surface area contributed by atoms with E-state index in [9.17, 15) is 9.90 Å². The second-order valence-electron chi connectivity index (χ2n) is 5.43. The zero-order valence-corrected chi connectivity index (χ0v) is 13.1. The monoisotopic (exact) mass is 339 g/mol. The molecule has 22 heavy (non-hydrogen) atoms. The molecule has 0 spiro atoms. The summed E-state index contributed by atoms with van der Waals surface area (Å²) in [5.74, 6) is 0.399. The van der Waals surface area contributed by atoms with Crippen molar-refractivity contribution < 1.29 is 14.3 Å². The summed E-state index contributed by atoms with van der Waals surface area (Å²) < 4.78 is 5.09. The number of furan rings is 1. The smallest absolute Gasteiger partial charge is 0.223 e. The van der Waals surface area contributed by atoms with Gasteiger partial charge in [-0.3, -0.25) is 4.79 Å². The highest BCUT2D eigenvalue weighted by Gasteiger charge is 2.44. The van der Waals surface area contributed by atoms with Crippen LogP contribution in [0.4, 0.5) is 0 Å². The van der Waals surface area contributed by atoms with Crippen molar-refractivity contribution in [3.63, 3.8) is 0 Å². The molecule has 116 valence electrons. The fraction of sp³-hybridized carbons (Fsp3) is 0.312. The van der Waals surface area contributed by atoms with Gasteiger partial charge in [0.15, 0.2) is 0 Å². The van der Waals surface area contributed by atoms with Crippen LogP contribution in [0.15, 0.2) is 41.0 Å². The van der Waals surface area contributed by atoms with Crippen molar-refractivity contribution in [2.45, 2.75) is 18.4 Å². The first-order valence-corrected chi connectivity index (χ1v) is 7.75. The first-order valence-electron chi connectivity index (χ1n) is 7.00. The molecule has 0 bridgehead atoms. The third kappa shape index (κ3) is 3.46. The predicted octanol–water partition coefficient (Wildman–Crippen LogP) is 3.54. The van der Waals surface area contributed by atoms with Gasteiger partial charge in [-0.15, -0.1) is 0 Å². The molecule has 0 aliphatic heterocycles. The Balaban J connectivity index is 1.54. The minimum Gasteiger partial charge on any atom is -0.467 e. The minimum absolute atomic E-state index is 0.0771. The summed E-state index contributed by atoms with van der Waals surface area (Å²) in [6.45, 7) is 0.131. The summed E-state index contributed by atoms with van der Waals surface area (Å²) in [4.78, 5) is 12.1. The second-order valence-corrected chi connectivity index (χ2v) is 6.30. The summed E-state index contributed by atoms with van der Waals surface area (Å²) in [7, 11) is 0. The number of amides is 1. The Morgan fingerprint density at radius 2 is 2.09 bits per heavy atom.